The summed E-state index contributed by atoms with van der Waals surface area (Å²) in [4.78, 5) is 0. The minimum absolute atomic E-state index is 0.0118. The van der Waals surface area contributed by atoms with Crippen LogP contribution < -0.4 is 10.1 Å². The molecule has 0 spiro atoms. The number of fused-ring (bicyclic) bond motifs is 2. The van der Waals surface area contributed by atoms with E-state index in [1.54, 1.807) is 0 Å². The standard InChI is InChI=1S/C21H23NO/c1-14(2)15-9-10-19-17(13-15)20-11-5-6-12-21(20,23-19)22-18-8-4-3-7-16(18)20/h3-4,7-10,13-14,22H,5-6,11-12H2,1-2H3/t20-,21+/m1/s1. The molecule has 5 rings (SSSR count). The minimum Gasteiger partial charge on any atom is -0.467 e. The molecule has 23 heavy (non-hydrogen) atoms. The molecule has 0 saturated heterocycles. The first-order valence-electron chi connectivity index (χ1n) is 8.87. The zero-order valence-corrected chi connectivity index (χ0v) is 13.9. The Bertz CT molecular complexity index is 796. The van der Waals surface area contributed by atoms with E-state index in [2.05, 4.69) is 61.6 Å². The number of anilines is 1. The number of para-hydroxylation sites is 1. The van der Waals surface area contributed by atoms with Gasteiger partial charge >= 0.3 is 0 Å². The first kappa shape index (κ1) is 13.5. The lowest BCUT2D eigenvalue weighted by atomic mass is 9.63. The third kappa shape index (κ3) is 1.50. The Labute approximate surface area is 137 Å². The van der Waals surface area contributed by atoms with E-state index in [0.717, 1.165) is 12.2 Å². The number of ether oxygens (including phenoxy) is 1. The van der Waals surface area contributed by atoms with E-state index in [9.17, 15) is 0 Å². The van der Waals surface area contributed by atoms with Gasteiger partial charge in [-0.25, -0.2) is 0 Å². The Morgan fingerprint density at radius 1 is 1.00 bits per heavy atom. The van der Waals surface area contributed by atoms with Gasteiger partial charge in [0.25, 0.3) is 0 Å². The second-order valence-corrected chi connectivity index (χ2v) is 7.62. The molecule has 1 N–H and O–H groups in total. The monoisotopic (exact) mass is 305 g/mol. The van der Waals surface area contributed by atoms with Crippen molar-refractivity contribution in [3.8, 4) is 5.75 Å². The van der Waals surface area contributed by atoms with Crippen molar-refractivity contribution in [2.75, 3.05) is 5.32 Å². The van der Waals surface area contributed by atoms with Crippen LogP contribution in [0.4, 0.5) is 5.69 Å². The van der Waals surface area contributed by atoms with Crippen molar-refractivity contribution >= 4 is 5.69 Å². The number of hydrogen-bond donors (Lipinski definition) is 1. The predicted molar refractivity (Wildman–Crippen MR) is 93.2 cm³/mol. The van der Waals surface area contributed by atoms with E-state index in [0.29, 0.717) is 5.92 Å². The summed E-state index contributed by atoms with van der Waals surface area (Å²) in [6, 6.07) is 15.6. The molecule has 2 aromatic carbocycles. The largest absolute Gasteiger partial charge is 0.467 e. The predicted octanol–water partition coefficient (Wildman–Crippen LogP) is 5.18. The molecule has 0 bridgehead atoms. The van der Waals surface area contributed by atoms with Crippen molar-refractivity contribution in [2.45, 2.75) is 56.6 Å². The molecule has 0 aromatic heterocycles. The van der Waals surface area contributed by atoms with Crippen LogP contribution in [0.15, 0.2) is 42.5 Å². The van der Waals surface area contributed by atoms with E-state index in [-0.39, 0.29) is 11.1 Å². The molecule has 0 unspecified atom stereocenters. The van der Waals surface area contributed by atoms with E-state index < -0.39 is 0 Å². The highest BCUT2D eigenvalue weighted by atomic mass is 16.5. The maximum absolute atomic E-state index is 6.62. The Morgan fingerprint density at radius 3 is 2.70 bits per heavy atom. The topological polar surface area (TPSA) is 21.3 Å². The summed E-state index contributed by atoms with van der Waals surface area (Å²) >= 11 is 0. The third-order valence-corrected chi connectivity index (χ3v) is 6.16. The molecule has 2 aliphatic heterocycles. The van der Waals surface area contributed by atoms with Crippen LogP contribution in [-0.2, 0) is 5.41 Å². The van der Waals surface area contributed by atoms with Gasteiger partial charge < -0.3 is 10.1 Å². The molecule has 0 amide bonds. The molecule has 3 aliphatic rings. The molecule has 118 valence electrons. The maximum atomic E-state index is 6.62. The van der Waals surface area contributed by atoms with Crippen LogP contribution in [0, 0.1) is 0 Å². The normalized spacial score (nSPS) is 30.0. The van der Waals surface area contributed by atoms with Crippen LogP contribution in [0.1, 0.15) is 62.1 Å². The highest BCUT2D eigenvalue weighted by Crippen LogP contribution is 2.64. The van der Waals surface area contributed by atoms with Crippen LogP contribution in [0.5, 0.6) is 5.75 Å². The third-order valence-electron chi connectivity index (χ3n) is 6.16. The van der Waals surface area contributed by atoms with Gasteiger partial charge in [-0.15, -0.1) is 0 Å². The van der Waals surface area contributed by atoms with Gasteiger partial charge in [-0.05, 0) is 42.0 Å². The Balaban J connectivity index is 1.81. The average Bonchev–Trinajstić information content (AvgIpc) is 3.01. The first-order chi connectivity index (χ1) is 11.2. The van der Waals surface area contributed by atoms with Gasteiger partial charge in [0.15, 0.2) is 5.72 Å². The number of hydrogen-bond acceptors (Lipinski definition) is 2. The fourth-order valence-electron chi connectivity index (χ4n) is 5.06. The number of nitrogens with one attached hydrogen (secondary N) is 1. The van der Waals surface area contributed by atoms with Gasteiger partial charge in [0.1, 0.15) is 5.75 Å². The smallest absolute Gasteiger partial charge is 0.194 e. The van der Waals surface area contributed by atoms with Gasteiger partial charge in [-0.2, -0.15) is 0 Å². The van der Waals surface area contributed by atoms with Gasteiger partial charge in [-0.1, -0.05) is 50.6 Å². The summed E-state index contributed by atoms with van der Waals surface area (Å²) in [6.45, 7) is 4.54. The van der Waals surface area contributed by atoms with Crippen molar-refractivity contribution in [1.82, 2.24) is 0 Å². The second-order valence-electron chi connectivity index (χ2n) is 7.62. The Morgan fingerprint density at radius 2 is 1.83 bits per heavy atom. The number of benzene rings is 2. The van der Waals surface area contributed by atoms with Gasteiger partial charge in [0, 0.05) is 17.7 Å². The summed E-state index contributed by atoms with van der Waals surface area (Å²) in [5.41, 5.74) is 5.22. The van der Waals surface area contributed by atoms with E-state index >= 15 is 0 Å². The lowest BCUT2D eigenvalue weighted by Crippen LogP contribution is -2.55. The van der Waals surface area contributed by atoms with E-state index in [1.165, 1.54) is 41.6 Å². The fraction of sp³-hybridized carbons (Fsp3) is 0.429. The van der Waals surface area contributed by atoms with E-state index in [1.807, 2.05) is 0 Å². The number of rotatable bonds is 1. The molecule has 1 saturated carbocycles. The van der Waals surface area contributed by atoms with Crippen LogP contribution >= 0.6 is 0 Å². The zero-order chi connectivity index (χ0) is 15.7. The molecule has 2 atom stereocenters. The molecule has 2 heteroatoms. The summed E-state index contributed by atoms with van der Waals surface area (Å²) in [5, 5.41) is 3.78. The molecule has 2 aromatic rings. The van der Waals surface area contributed by atoms with Crippen LogP contribution in [-0.4, -0.2) is 5.72 Å². The average molecular weight is 305 g/mol. The molecular formula is C21H23NO. The van der Waals surface area contributed by atoms with Crippen molar-refractivity contribution in [2.24, 2.45) is 0 Å². The zero-order valence-electron chi connectivity index (χ0n) is 13.9. The van der Waals surface area contributed by atoms with Crippen LogP contribution in [0.2, 0.25) is 0 Å². The van der Waals surface area contributed by atoms with Crippen molar-refractivity contribution in [3.63, 3.8) is 0 Å². The van der Waals surface area contributed by atoms with Gasteiger partial charge in [0.05, 0.1) is 5.41 Å². The van der Waals surface area contributed by atoms with Gasteiger partial charge in [0.2, 0.25) is 0 Å². The quantitative estimate of drug-likeness (QED) is 0.783. The van der Waals surface area contributed by atoms with Crippen LogP contribution in [0.3, 0.4) is 0 Å². The summed E-state index contributed by atoms with van der Waals surface area (Å²) in [6.07, 6.45) is 4.75. The Hall–Kier alpha value is -1.96. The van der Waals surface area contributed by atoms with E-state index in [4.69, 9.17) is 4.74 Å². The lowest BCUT2D eigenvalue weighted by molar-refractivity contribution is 0.0368. The highest BCUT2D eigenvalue weighted by Gasteiger charge is 2.66. The van der Waals surface area contributed by atoms with Crippen molar-refractivity contribution in [3.05, 3.63) is 59.2 Å². The molecule has 2 heterocycles. The first-order valence-corrected chi connectivity index (χ1v) is 8.87. The molecule has 0 radical (unpaired) electrons. The molecular weight excluding hydrogens is 282 g/mol. The maximum Gasteiger partial charge on any atom is 0.194 e. The lowest BCUT2D eigenvalue weighted by Gasteiger charge is -2.43. The fourth-order valence-corrected chi connectivity index (χ4v) is 5.06. The summed E-state index contributed by atoms with van der Waals surface area (Å²) in [5.74, 6) is 1.62. The van der Waals surface area contributed by atoms with Crippen molar-refractivity contribution < 1.29 is 4.74 Å². The minimum atomic E-state index is -0.271. The second kappa shape index (κ2) is 4.31. The Kier molecular flexibility index (Phi) is 2.53. The summed E-state index contributed by atoms with van der Waals surface area (Å²) in [7, 11) is 0. The summed E-state index contributed by atoms with van der Waals surface area (Å²) < 4.78 is 6.62. The molecule has 1 aliphatic carbocycles. The molecule has 2 nitrogen and oxygen atoms in total. The SMILES string of the molecule is CC(C)c1ccc2c(c1)[C@]13CCCC[C@]1(Nc1ccccc13)O2. The highest BCUT2D eigenvalue weighted by molar-refractivity contribution is 5.72. The van der Waals surface area contributed by atoms with Gasteiger partial charge in [-0.3, -0.25) is 0 Å². The van der Waals surface area contributed by atoms with Crippen molar-refractivity contribution in [1.29, 1.82) is 0 Å². The van der Waals surface area contributed by atoms with Crippen LogP contribution in [0.25, 0.3) is 0 Å². The molecule has 1 fully saturated rings.